The lowest BCUT2D eigenvalue weighted by Gasteiger charge is -2.19. The van der Waals surface area contributed by atoms with Gasteiger partial charge in [-0.3, -0.25) is 4.79 Å². The molecule has 4 rings (SSSR count). The normalized spacial score (nSPS) is 11.4. The van der Waals surface area contributed by atoms with E-state index in [0.29, 0.717) is 34.2 Å². The van der Waals surface area contributed by atoms with Gasteiger partial charge >= 0.3 is 0 Å². The highest BCUT2D eigenvalue weighted by molar-refractivity contribution is 5.92. The summed E-state index contributed by atoms with van der Waals surface area (Å²) < 4.78 is 16.7. The van der Waals surface area contributed by atoms with E-state index in [2.05, 4.69) is 31.1 Å². The minimum atomic E-state index is -0.246. The van der Waals surface area contributed by atoms with Gasteiger partial charge < -0.3 is 19.2 Å². The number of benzene rings is 3. The van der Waals surface area contributed by atoms with Gasteiger partial charge in [0.2, 0.25) is 5.89 Å². The largest absolute Gasteiger partial charge is 0.497 e. The first-order valence-electron chi connectivity index (χ1n) is 10.4. The van der Waals surface area contributed by atoms with Crippen LogP contribution in [-0.4, -0.2) is 24.6 Å². The maximum absolute atomic E-state index is 12.4. The monoisotopic (exact) mass is 430 g/mol. The van der Waals surface area contributed by atoms with Crippen LogP contribution in [-0.2, 0) is 10.2 Å². The van der Waals surface area contributed by atoms with Crippen molar-refractivity contribution in [2.45, 2.75) is 26.2 Å². The van der Waals surface area contributed by atoms with E-state index in [4.69, 9.17) is 13.9 Å². The molecule has 1 heterocycles. The molecule has 0 unspecified atom stereocenters. The van der Waals surface area contributed by atoms with E-state index in [1.807, 2.05) is 66.7 Å². The molecule has 0 atom stereocenters. The van der Waals surface area contributed by atoms with E-state index < -0.39 is 0 Å². The average Bonchev–Trinajstić information content (AvgIpc) is 3.21. The summed E-state index contributed by atoms with van der Waals surface area (Å²) in [6, 6.07) is 20.6. The Morgan fingerprint density at radius 1 is 1.00 bits per heavy atom. The van der Waals surface area contributed by atoms with Crippen LogP contribution in [0.25, 0.3) is 22.6 Å². The Morgan fingerprint density at radius 2 is 1.75 bits per heavy atom. The molecule has 3 aromatic carbocycles. The Morgan fingerprint density at radius 3 is 2.47 bits per heavy atom. The third kappa shape index (κ3) is 4.91. The molecule has 0 spiro atoms. The van der Waals surface area contributed by atoms with Crippen LogP contribution in [0.3, 0.4) is 0 Å². The zero-order valence-electron chi connectivity index (χ0n) is 18.6. The Bertz CT molecular complexity index is 1240. The summed E-state index contributed by atoms with van der Waals surface area (Å²) in [6.07, 6.45) is 0. The Kier molecular flexibility index (Phi) is 5.86. The van der Waals surface area contributed by atoms with Gasteiger partial charge in [0.05, 0.1) is 7.11 Å². The number of ether oxygens (including phenoxy) is 2. The van der Waals surface area contributed by atoms with Crippen molar-refractivity contribution >= 4 is 22.7 Å². The molecule has 1 N–H and O–H groups in total. The molecule has 4 aromatic rings. The SMILES string of the molecule is COc1ccc2oc(-c3cccc(NC(=O)COc4ccc(C(C)(C)C)cc4)c3)nc2c1. The zero-order chi connectivity index (χ0) is 22.7. The second-order valence-corrected chi connectivity index (χ2v) is 8.54. The van der Waals surface area contributed by atoms with Gasteiger partial charge in [-0.1, -0.05) is 39.0 Å². The molecule has 32 heavy (non-hydrogen) atoms. The summed E-state index contributed by atoms with van der Waals surface area (Å²) in [5.41, 5.74) is 4.06. The number of hydrogen-bond acceptors (Lipinski definition) is 5. The second kappa shape index (κ2) is 8.75. The number of oxazole rings is 1. The van der Waals surface area contributed by atoms with Crippen molar-refractivity contribution in [2.75, 3.05) is 19.0 Å². The molecule has 0 saturated heterocycles. The molecular formula is C26H26N2O4. The van der Waals surface area contributed by atoms with Gasteiger partial charge in [0.1, 0.15) is 17.0 Å². The van der Waals surface area contributed by atoms with E-state index in [1.165, 1.54) is 5.56 Å². The lowest BCUT2D eigenvalue weighted by molar-refractivity contribution is -0.118. The fraction of sp³-hybridized carbons (Fsp3) is 0.231. The van der Waals surface area contributed by atoms with E-state index in [0.717, 1.165) is 5.56 Å². The van der Waals surface area contributed by atoms with Gasteiger partial charge in [0.15, 0.2) is 12.2 Å². The second-order valence-electron chi connectivity index (χ2n) is 8.54. The van der Waals surface area contributed by atoms with Gasteiger partial charge in [-0.25, -0.2) is 4.98 Å². The van der Waals surface area contributed by atoms with Crippen molar-refractivity contribution in [1.29, 1.82) is 0 Å². The van der Waals surface area contributed by atoms with Crippen LogP contribution >= 0.6 is 0 Å². The number of methoxy groups -OCH3 is 1. The molecule has 0 aliphatic heterocycles. The van der Waals surface area contributed by atoms with Crippen molar-refractivity contribution in [3.63, 3.8) is 0 Å². The Balaban J connectivity index is 1.41. The highest BCUT2D eigenvalue weighted by atomic mass is 16.5. The van der Waals surface area contributed by atoms with Gasteiger partial charge in [0, 0.05) is 17.3 Å². The van der Waals surface area contributed by atoms with E-state index >= 15 is 0 Å². The molecule has 6 heteroatoms. The van der Waals surface area contributed by atoms with Crippen molar-refractivity contribution < 1.29 is 18.7 Å². The van der Waals surface area contributed by atoms with Crippen LogP contribution in [0.4, 0.5) is 5.69 Å². The maximum Gasteiger partial charge on any atom is 0.262 e. The quantitative estimate of drug-likeness (QED) is 0.417. The fourth-order valence-electron chi connectivity index (χ4n) is 3.28. The molecule has 0 radical (unpaired) electrons. The van der Waals surface area contributed by atoms with Crippen molar-refractivity contribution in [3.8, 4) is 23.0 Å². The topological polar surface area (TPSA) is 73.6 Å². The predicted molar refractivity (Wildman–Crippen MR) is 125 cm³/mol. The van der Waals surface area contributed by atoms with Gasteiger partial charge in [-0.15, -0.1) is 0 Å². The minimum Gasteiger partial charge on any atom is -0.497 e. The molecule has 164 valence electrons. The lowest BCUT2D eigenvalue weighted by atomic mass is 9.87. The smallest absolute Gasteiger partial charge is 0.262 e. The standard InChI is InChI=1S/C26H26N2O4/c1-26(2,3)18-8-10-20(11-9-18)31-16-24(29)27-19-7-5-6-17(14-19)25-28-22-15-21(30-4)12-13-23(22)32-25/h5-15H,16H2,1-4H3,(H,27,29). The predicted octanol–water partition coefficient (Wildman–Crippen LogP) is 5.82. The molecular weight excluding hydrogens is 404 g/mol. The highest BCUT2D eigenvalue weighted by Crippen LogP contribution is 2.28. The fourth-order valence-corrected chi connectivity index (χ4v) is 3.28. The minimum absolute atomic E-state index is 0.0711. The van der Waals surface area contributed by atoms with E-state index in [9.17, 15) is 4.79 Å². The zero-order valence-corrected chi connectivity index (χ0v) is 18.6. The average molecular weight is 431 g/mol. The number of hydrogen-bond donors (Lipinski definition) is 1. The Hall–Kier alpha value is -3.80. The van der Waals surface area contributed by atoms with Crippen LogP contribution in [0, 0.1) is 0 Å². The number of fused-ring (bicyclic) bond motifs is 1. The lowest BCUT2D eigenvalue weighted by Crippen LogP contribution is -2.20. The first-order valence-corrected chi connectivity index (χ1v) is 10.4. The molecule has 0 aliphatic carbocycles. The molecule has 0 bridgehead atoms. The first kappa shape index (κ1) is 21.4. The summed E-state index contributed by atoms with van der Waals surface area (Å²) in [4.78, 5) is 16.9. The van der Waals surface area contributed by atoms with Crippen LogP contribution in [0.5, 0.6) is 11.5 Å². The summed E-state index contributed by atoms with van der Waals surface area (Å²) in [6.45, 7) is 6.38. The number of carbonyl (C=O) groups excluding carboxylic acids is 1. The summed E-state index contributed by atoms with van der Waals surface area (Å²) in [5, 5.41) is 2.86. The third-order valence-electron chi connectivity index (χ3n) is 5.08. The highest BCUT2D eigenvalue weighted by Gasteiger charge is 2.14. The van der Waals surface area contributed by atoms with E-state index in [1.54, 1.807) is 7.11 Å². The maximum atomic E-state index is 12.4. The molecule has 1 amide bonds. The first-order chi connectivity index (χ1) is 15.3. The van der Waals surface area contributed by atoms with Gasteiger partial charge in [-0.05, 0) is 53.4 Å². The molecule has 6 nitrogen and oxygen atoms in total. The number of aromatic nitrogens is 1. The Labute approximate surface area is 187 Å². The third-order valence-corrected chi connectivity index (χ3v) is 5.08. The number of carbonyl (C=O) groups is 1. The molecule has 0 fully saturated rings. The van der Waals surface area contributed by atoms with Crippen LogP contribution in [0.15, 0.2) is 71.1 Å². The number of amides is 1. The van der Waals surface area contributed by atoms with Crippen LogP contribution in [0.1, 0.15) is 26.3 Å². The van der Waals surface area contributed by atoms with Crippen molar-refractivity contribution in [2.24, 2.45) is 0 Å². The van der Waals surface area contributed by atoms with Crippen molar-refractivity contribution in [3.05, 3.63) is 72.3 Å². The molecule has 1 aromatic heterocycles. The molecule has 0 aliphatic rings. The van der Waals surface area contributed by atoms with Crippen LogP contribution in [0.2, 0.25) is 0 Å². The van der Waals surface area contributed by atoms with Gasteiger partial charge in [0.25, 0.3) is 5.91 Å². The number of nitrogens with one attached hydrogen (secondary N) is 1. The number of rotatable bonds is 6. The van der Waals surface area contributed by atoms with Gasteiger partial charge in [-0.2, -0.15) is 0 Å². The summed E-state index contributed by atoms with van der Waals surface area (Å²) >= 11 is 0. The number of nitrogens with zero attached hydrogens (tertiary/aromatic N) is 1. The number of anilines is 1. The van der Waals surface area contributed by atoms with Crippen molar-refractivity contribution in [1.82, 2.24) is 4.98 Å². The molecule has 0 saturated carbocycles. The summed E-state index contributed by atoms with van der Waals surface area (Å²) in [5.74, 6) is 1.60. The van der Waals surface area contributed by atoms with E-state index in [-0.39, 0.29) is 17.9 Å². The summed E-state index contributed by atoms with van der Waals surface area (Å²) in [7, 11) is 1.61. The van der Waals surface area contributed by atoms with Crippen LogP contribution < -0.4 is 14.8 Å².